The molecule has 0 amide bonds. The van der Waals surface area contributed by atoms with E-state index in [1.165, 1.54) is 0 Å². The van der Waals surface area contributed by atoms with Gasteiger partial charge in [0.15, 0.2) is 0 Å². The summed E-state index contributed by atoms with van der Waals surface area (Å²) < 4.78 is 11.8. The Morgan fingerprint density at radius 3 is 2.36 bits per heavy atom. The molecule has 0 unspecified atom stereocenters. The van der Waals surface area contributed by atoms with Crippen molar-refractivity contribution in [1.29, 1.82) is 0 Å². The molecule has 0 aliphatic heterocycles. The molecule has 0 aromatic heterocycles. The smallest absolute Gasteiger partial charge is 0.423 e. The van der Waals surface area contributed by atoms with Gasteiger partial charge in [0.05, 0.1) is 6.67 Å². The minimum absolute atomic E-state index is 0.291. The van der Waals surface area contributed by atoms with Gasteiger partial charge < -0.3 is 10.0 Å². The number of hydrogen-bond donors (Lipinski definition) is 2. The van der Waals surface area contributed by atoms with Crippen molar-refractivity contribution >= 4 is 24.3 Å². The summed E-state index contributed by atoms with van der Waals surface area (Å²) in [7, 11) is -1.42. The van der Waals surface area contributed by atoms with Crippen LogP contribution in [0.5, 0.6) is 0 Å². The minimum atomic E-state index is -1.42. The van der Waals surface area contributed by atoms with Gasteiger partial charge in [0.1, 0.15) is 0 Å². The Hall–Kier alpha value is -0.515. The summed E-state index contributed by atoms with van der Waals surface area (Å²) in [6.07, 6.45) is 0.551. The second-order valence-electron chi connectivity index (χ2n) is 2.83. The zero-order chi connectivity index (χ0) is 10.4. The number of thioether (sulfide) groups is 1. The van der Waals surface area contributed by atoms with Gasteiger partial charge in [-0.1, -0.05) is 12.1 Å². The summed E-state index contributed by atoms with van der Waals surface area (Å²) in [5.41, 5.74) is 0.472. The molecule has 14 heavy (non-hydrogen) atoms. The Kier molecular flexibility index (Phi) is 5.00. The van der Waals surface area contributed by atoms with Crippen molar-refractivity contribution < 1.29 is 14.4 Å². The molecule has 1 aromatic carbocycles. The molecule has 0 bridgehead atoms. The Balaban J connectivity index is 2.47. The van der Waals surface area contributed by atoms with Crippen molar-refractivity contribution in [3.8, 4) is 0 Å². The zero-order valence-electron chi connectivity index (χ0n) is 7.69. The maximum Gasteiger partial charge on any atom is 0.488 e. The normalized spacial score (nSPS) is 10.2. The van der Waals surface area contributed by atoms with Crippen molar-refractivity contribution in [2.24, 2.45) is 0 Å². The fourth-order valence-corrected chi connectivity index (χ4v) is 1.80. The first-order valence-electron chi connectivity index (χ1n) is 4.39. The van der Waals surface area contributed by atoms with Crippen molar-refractivity contribution in [2.45, 2.75) is 11.3 Å². The predicted molar refractivity (Wildman–Crippen MR) is 57.6 cm³/mol. The topological polar surface area (TPSA) is 40.5 Å². The standard InChI is InChI=1S/C9H12BFO2S/c11-6-1-7-14-9-4-2-8(3-5-9)10(12)13/h2-5,12-13H,1,6-7H2. The van der Waals surface area contributed by atoms with E-state index in [0.717, 1.165) is 10.6 Å². The quantitative estimate of drug-likeness (QED) is 0.433. The van der Waals surface area contributed by atoms with Crippen molar-refractivity contribution in [1.82, 2.24) is 0 Å². The Labute approximate surface area is 87.3 Å². The molecule has 0 radical (unpaired) electrons. The average Bonchev–Trinajstić information content (AvgIpc) is 2.19. The molecule has 0 heterocycles. The number of hydrogen-bond acceptors (Lipinski definition) is 3. The third kappa shape index (κ3) is 3.70. The van der Waals surface area contributed by atoms with E-state index in [4.69, 9.17) is 10.0 Å². The lowest BCUT2D eigenvalue weighted by molar-refractivity contribution is 0.426. The summed E-state index contributed by atoms with van der Waals surface area (Å²) in [5, 5.41) is 17.7. The van der Waals surface area contributed by atoms with E-state index in [2.05, 4.69) is 0 Å². The largest absolute Gasteiger partial charge is 0.488 e. The van der Waals surface area contributed by atoms with Crippen molar-refractivity contribution in [2.75, 3.05) is 12.4 Å². The molecule has 0 saturated heterocycles. The summed E-state index contributed by atoms with van der Waals surface area (Å²) in [6, 6.07) is 6.92. The lowest BCUT2D eigenvalue weighted by atomic mass is 9.81. The SMILES string of the molecule is OB(O)c1ccc(SCCCF)cc1. The molecule has 76 valence electrons. The monoisotopic (exact) mass is 214 g/mol. The van der Waals surface area contributed by atoms with Crippen LogP contribution < -0.4 is 5.46 Å². The Morgan fingerprint density at radius 1 is 1.21 bits per heavy atom. The second-order valence-corrected chi connectivity index (χ2v) is 4.00. The lowest BCUT2D eigenvalue weighted by Gasteiger charge is -2.02. The summed E-state index contributed by atoms with van der Waals surface area (Å²) in [4.78, 5) is 1.02. The van der Waals surface area contributed by atoms with Gasteiger partial charge in [-0.3, -0.25) is 4.39 Å². The zero-order valence-corrected chi connectivity index (χ0v) is 8.51. The molecule has 5 heteroatoms. The molecule has 2 nitrogen and oxygen atoms in total. The summed E-state index contributed by atoms with van der Waals surface area (Å²) >= 11 is 1.56. The van der Waals surface area contributed by atoms with E-state index in [9.17, 15) is 4.39 Å². The van der Waals surface area contributed by atoms with Gasteiger partial charge >= 0.3 is 7.12 Å². The Morgan fingerprint density at radius 2 is 1.86 bits per heavy atom. The van der Waals surface area contributed by atoms with Gasteiger partial charge in [-0.2, -0.15) is 0 Å². The van der Waals surface area contributed by atoms with Crippen LogP contribution in [0.4, 0.5) is 4.39 Å². The van der Waals surface area contributed by atoms with Crippen molar-refractivity contribution in [3.63, 3.8) is 0 Å². The van der Waals surface area contributed by atoms with Gasteiger partial charge in [0, 0.05) is 10.6 Å². The number of alkyl halides is 1. The van der Waals surface area contributed by atoms with E-state index in [1.807, 2.05) is 0 Å². The molecule has 2 N–H and O–H groups in total. The predicted octanol–water partition coefficient (Wildman–Crippen LogP) is 0.818. The Bertz CT molecular complexity index is 266. The van der Waals surface area contributed by atoms with Crippen LogP contribution in [-0.4, -0.2) is 29.6 Å². The van der Waals surface area contributed by atoms with E-state index < -0.39 is 7.12 Å². The number of halogens is 1. The van der Waals surface area contributed by atoms with E-state index in [1.54, 1.807) is 36.0 Å². The molecule has 0 atom stereocenters. The highest BCUT2D eigenvalue weighted by atomic mass is 32.2. The minimum Gasteiger partial charge on any atom is -0.423 e. The summed E-state index contributed by atoms with van der Waals surface area (Å²) in [5.74, 6) is 0.748. The highest BCUT2D eigenvalue weighted by Crippen LogP contribution is 2.17. The van der Waals surface area contributed by atoms with Crippen LogP contribution in [0.2, 0.25) is 0 Å². The van der Waals surface area contributed by atoms with E-state index in [-0.39, 0.29) is 6.67 Å². The third-order valence-corrected chi connectivity index (χ3v) is 2.82. The second kappa shape index (κ2) is 6.06. The molecular formula is C9H12BFO2S. The fourth-order valence-electron chi connectivity index (χ4n) is 0.981. The number of benzene rings is 1. The van der Waals surface area contributed by atoms with E-state index in [0.29, 0.717) is 11.9 Å². The molecule has 1 rings (SSSR count). The maximum atomic E-state index is 11.8. The van der Waals surface area contributed by atoms with E-state index >= 15 is 0 Å². The van der Waals surface area contributed by atoms with Crippen LogP contribution in [0.3, 0.4) is 0 Å². The summed E-state index contributed by atoms with van der Waals surface area (Å²) in [6.45, 7) is -0.291. The molecule has 0 aliphatic rings. The molecule has 0 saturated carbocycles. The first kappa shape index (κ1) is 11.6. The van der Waals surface area contributed by atoms with Crippen LogP contribution in [0.25, 0.3) is 0 Å². The van der Waals surface area contributed by atoms with Gasteiger partial charge in [0.25, 0.3) is 0 Å². The van der Waals surface area contributed by atoms with Crippen molar-refractivity contribution in [3.05, 3.63) is 24.3 Å². The fraction of sp³-hybridized carbons (Fsp3) is 0.333. The lowest BCUT2D eigenvalue weighted by Crippen LogP contribution is -2.29. The van der Waals surface area contributed by atoms with Gasteiger partial charge in [-0.25, -0.2) is 0 Å². The molecule has 0 spiro atoms. The highest BCUT2D eigenvalue weighted by Gasteiger charge is 2.09. The van der Waals surface area contributed by atoms with Crippen LogP contribution in [0.15, 0.2) is 29.2 Å². The van der Waals surface area contributed by atoms with Crippen LogP contribution in [0, 0.1) is 0 Å². The first-order valence-corrected chi connectivity index (χ1v) is 5.37. The number of rotatable bonds is 5. The molecule has 1 aromatic rings. The highest BCUT2D eigenvalue weighted by molar-refractivity contribution is 7.99. The molecular weight excluding hydrogens is 202 g/mol. The third-order valence-electron chi connectivity index (χ3n) is 1.72. The first-order chi connectivity index (χ1) is 6.74. The van der Waals surface area contributed by atoms with Crippen LogP contribution >= 0.6 is 11.8 Å². The molecule has 0 fully saturated rings. The van der Waals surface area contributed by atoms with Gasteiger partial charge in [-0.15, -0.1) is 11.8 Å². The average molecular weight is 214 g/mol. The van der Waals surface area contributed by atoms with Crippen LogP contribution in [0.1, 0.15) is 6.42 Å². The molecule has 0 aliphatic carbocycles. The van der Waals surface area contributed by atoms with Gasteiger partial charge in [-0.05, 0) is 24.0 Å². The van der Waals surface area contributed by atoms with Gasteiger partial charge in [0.2, 0.25) is 0 Å². The maximum absolute atomic E-state index is 11.8. The van der Waals surface area contributed by atoms with Crippen LogP contribution in [-0.2, 0) is 0 Å².